The van der Waals surface area contributed by atoms with Gasteiger partial charge in [0.05, 0.1) is 12.5 Å². The summed E-state index contributed by atoms with van der Waals surface area (Å²) in [5, 5.41) is 11.8. The molecule has 1 fully saturated rings. The summed E-state index contributed by atoms with van der Waals surface area (Å²) in [6.07, 6.45) is 0.825. The Kier molecular flexibility index (Phi) is 5.33. The van der Waals surface area contributed by atoms with Crippen molar-refractivity contribution < 1.29 is 14.7 Å². The number of nitrogens with zero attached hydrogens (tertiary/aromatic N) is 1. The number of benzene rings is 1. The van der Waals surface area contributed by atoms with Crippen LogP contribution in [-0.4, -0.2) is 48.1 Å². The van der Waals surface area contributed by atoms with Gasteiger partial charge in [-0.25, -0.2) is 0 Å². The number of carboxylic acid groups (broad SMARTS) is 1. The molecule has 2 rings (SSSR count). The SMILES string of the molecule is CC(C(=O)O)C1CN(CC(=O)NCCc2ccccc2)C1. The molecule has 1 aromatic rings. The smallest absolute Gasteiger partial charge is 0.306 e. The summed E-state index contributed by atoms with van der Waals surface area (Å²) >= 11 is 0. The quantitative estimate of drug-likeness (QED) is 0.786. The predicted octanol–water partition coefficient (Wildman–Crippen LogP) is 0.998. The molecule has 1 amide bonds. The molecule has 21 heavy (non-hydrogen) atoms. The van der Waals surface area contributed by atoms with Crippen molar-refractivity contribution in [2.75, 3.05) is 26.2 Å². The highest BCUT2D eigenvalue weighted by Crippen LogP contribution is 2.23. The molecule has 1 heterocycles. The number of rotatable bonds is 7. The summed E-state index contributed by atoms with van der Waals surface area (Å²) in [5.74, 6) is -0.915. The van der Waals surface area contributed by atoms with Gasteiger partial charge in [-0.05, 0) is 17.9 Å². The number of nitrogens with one attached hydrogen (secondary N) is 1. The fourth-order valence-electron chi connectivity index (χ4n) is 2.51. The first kappa shape index (κ1) is 15.5. The van der Waals surface area contributed by atoms with E-state index in [-0.39, 0.29) is 17.7 Å². The average Bonchev–Trinajstić information content (AvgIpc) is 2.42. The second kappa shape index (κ2) is 7.22. The van der Waals surface area contributed by atoms with Gasteiger partial charge in [0.15, 0.2) is 0 Å². The van der Waals surface area contributed by atoms with Gasteiger partial charge in [-0.15, -0.1) is 0 Å². The van der Waals surface area contributed by atoms with E-state index in [0.717, 1.165) is 6.42 Å². The van der Waals surface area contributed by atoms with Gasteiger partial charge in [-0.2, -0.15) is 0 Å². The average molecular weight is 290 g/mol. The molecule has 1 saturated heterocycles. The van der Waals surface area contributed by atoms with E-state index in [9.17, 15) is 9.59 Å². The van der Waals surface area contributed by atoms with Crippen LogP contribution in [0.15, 0.2) is 30.3 Å². The van der Waals surface area contributed by atoms with Gasteiger partial charge in [0.1, 0.15) is 0 Å². The van der Waals surface area contributed by atoms with Gasteiger partial charge >= 0.3 is 5.97 Å². The largest absolute Gasteiger partial charge is 0.481 e. The van der Waals surface area contributed by atoms with E-state index in [1.54, 1.807) is 6.92 Å². The lowest BCUT2D eigenvalue weighted by Gasteiger charge is -2.40. The van der Waals surface area contributed by atoms with Crippen molar-refractivity contribution in [2.45, 2.75) is 13.3 Å². The van der Waals surface area contributed by atoms with E-state index >= 15 is 0 Å². The third-order valence-electron chi connectivity index (χ3n) is 4.03. The minimum absolute atomic E-state index is 0.00681. The van der Waals surface area contributed by atoms with Crippen molar-refractivity contribution in [3.05, 3.63) is 35.9 Å². The van der Waals surface area contributed by atoms with Crippen LogP contribution < -0.4 is 5.32 Å². The van der Waals surface area contributed by atoms with Crippen LogP contribution in [0.5, 0.6) is 0 Å². The number of hydrogen-bond donors (Lipinski definition) is 2. The van der Waals surface area contributed by atoms with Gasteiger partial charge in [0.2, 0.25) is 5.91 Å². The first-order chi connectivity index (χ1) is 10.1. The van der Waals surface area contributed by atoms with E-state index < -0.39 is 5.97 Å². The highest BCUT2D eigenvalue weighted by atomic mass is 16.4. The van der Waals surface area contributed by atoms with Crippen LogP contribution in [0.3, 0.4) is 0 Å². The monoisotopic (exact) mass is 290 g/mol. The molecule has 0 aliphatic carbocycles. The number of carboxylic acids is 1. The maximum atomic E-state index is 11.8. The van der Waals surface area contributed by atoms with Crippen LogP contribution in [-0.2, 0) is 16.0 Å². The molecular formula is C16H22N2O3. The molecule has 1 aromatic carbocycles. The molecule has 5 nitrogen and oxygen atoms in total. The number of likely N-dealkylation sites (tertiary alicyclic amines) is 1. The van der Waals surface area contributed by atoms with Crippen molar-refractivity contribution in [2.24, 2.45) is 11.8 Å². The Bertz CT molecular complexity index is 484. The summed E-state index contributed by atoms with van der Waals surface area (Å²) in [5.41, 5.74) is 1.21. The molecule has 5 heteroatoms. The Hall–Kier alpha value is -1.88. The Labute approximate surface area is 125 Å². The molecule has 1 aliphatic heterocycles. The molecule has 1 unspecified atom stereocenters. The van der Waals surface area contributed by atoms with E-state index in [0.29, 0.717) is 26.2 Å². The maximum absolute atomic E-state index is 11.8. The minimum atomic E-state index is -0.757. The number of amides is 1. The van der Waals surface area contributed by atoms with Crippen LogP contribution in [0.1, 0.15) is 12.5 Å². The van der Waals surface area contributed by atoms with Crippen LogP contribution in [0.25, 0.3) is 0 Å². The number of aliphatic carboxylic acids is 1. The molecule has 0 bridgehead atoms. The van der Waals surface area contributed by atoms with E-state index in [4.69, 9.17) is 5.11 Å². The molecule has 114 valence electrons. The normalized spacial score (nSPS) is 17.0. The summed E-state index contributed by atoms with van der Waals surface area (Å²) in [6.45, 7) is 4.10. The maximum Gasteiger partial charge on any atom is 0.306 e. The summed E-state index contributed by atoms with van der Waals surface area (Å²) in [4.78, 5) is 24.6. The fraction of sp³-hybridized carbons (Fsp3) is 0.500. The van der Waals surface area contributed by atoms with E-state index in [2.05, 4.69) is 5.32 Å². The predicted molar refractivity (Wildman–Crippen MR) is 79.9 cm³/mol. The summed E-state index contributed by atoms with van der Waals surface area (Å²) in [7, 11) is 0. The second-order valence-corrected chi connectivity index (χ2v) is 5.67. The summed E-state index contributed by atoms with van der Waals surface area (Å²) < 4.78 is 0. The van der Waals surface area contributed by atoms with Gasteiger partial charge in [0, 0.05) is 19.6 Å². The Morgan fingerprint density at radius 3 is 2.62 bits per heavy atom. The highest BCUT2D eigenvalue weighted by molar-refractivity contribution is 5.78. The Morgan fingerprint density at radius 2 is 2.00 bits per heavy atom. The fourth-order valence-corrected chi connectivity index (χ4v) is 2.51. The number of carbonyl (C=O) groups is 2. The Morgan fingerprint density at radius 1 is 1.33 bits per heavy atom. The number of carbonyl (C=O) groups excluding carboxylic acids is 1. The molecule has 1 atom stereocenters. The first-order valence-corrected chi connectivity index (χ1v) is 7.32. The third kappa shape index (κ3) is 4.56. The lowest BCUT2D eigenvalue weighted by atomic mass is 9.87. The van der Waals surface area contributed by atoms with Crippen LogP contribution in [0.2, 0.25) is 0 Å². The molecular weight excluding hydrogens is 268 g/mol. The lowest BCUT2D eigenvalue weighted by molar-refractivity contribution is -0.145. The van der Waals surface area contributed by atoms with Gasteiger partial charge < -0.3 is 10.4 Å². The second-order valence-electron chi connectivity index (χ2n) is 5.67. The van der Waals surface area contributed by atoms with Crippen LogP contribution >= 0.6 is 0 Å². The van der Waals surface area contributed by atoms with Crippen molar-refractivity contribution in [1.29, 1.82) is 0 Å². The first-order valence-electron chi connectivity index (χ1n) is 7.32. The van der Waals surface area contributed by atoms with Gasteiger partial charge in [0.25, 0.3) is 0 Å². The van der Waals surface area contributed by atoms with Crippen molar-refractivity contribution in [1.82, 2.24) is 10.2 Å². The topological polar surface area (TPSA) is 69.6 Å². The standard InChI is InChI=1S/C16H22N2O3/c1-12(16(20)21)14-9-18(10-14)11-15(19)17-8-7-13-5-3-2-4-6-13/h2-6,12,14H,7-11H2,1H3,(H,17,19)(H,20,21). The third-order valence-corrected chi connectivity index (χ3v) is 4.03. The zero-order valence-corrected chi connectivity index (χ0v) is 12.3. The molecule has 0 saturated carbocycles. The molecule has 0 aromatic heterocycles. The van der Waals surface area contributed by atoms with E-state index in [1.165, 1.54) is 5.56 Å². The minimum Gasteiger partial charge on any atom is -0.481 e. The van der Waals surface area contributed by atoms with Gasteiger partial charge in [-0.1, -0.05) is 37.3 Å². The van der Waals surface area contributed by atoms with Crippen LogP contribution in [0.4, 0.5) is 0 Å². The molecule has 0 spiro atoms. The molecule has 0 radical (unpaired) electrons. The van der Waals surface area contributed by atoms with Crippen molar-refractivity contribution >= 4 is 11.9 Å². The Balaban J connectivity index is 1.60. The zero-order chi connectivity index (χ0) is 15.2. The lowest BCUT2D eigenvalue weighted by Crippen LogP contribution is -2.54. The molecule has 1 aliphatic rings. The van der Waals surface area contributed by atoms with Crippen LogP contribution in [0, 0.1) is 11.8 Å². The summed E-state index contributed by atoms with van der Waals surface area (Å²) in [6, 6.07) is 10.0. The van der Waals surface area contributed by atoms with Gasteiger partial charge in [-0.3, -0.25) is 14.5 Å². The van der Waals surface area contributed by atoms with Crippen molar-refractivity contribution in [3.63, 3.8) is 0 Å². The van der Waals surface area contributed by atoms with E-state index in [1.807, 2.05) is 35.2 Å². The zero-order valence-electron chi connectivity index (χ0n) is 12.3. The highest BCUT2D eigenvalue weighted by Gasteiger charge is 2.35. The number of hydrogen-bond acceptors (Lipinski definition) is 3. The van der Waals surface area contributed by atoms with Crippen molar-refractivity contribution in [3.8, 4) is 0 Å². The molecule has 2 N–H and O–H groups in total.